The molecule has 0 bridgehead atoms. The third-order valence-corrected chi connectivity index (χ3v) is 3.42. The zero-order chi connectivity index (χ0) is 17.0. The van der Waals surface area contributed by atoms with E-state index in [1.165, 1.54) is 4.90 Å². The van der Waals surface area contributed by atoms with E-state index in [9.17, 15) is 14.0 Å². The normalized spacial score (nSPS) is 18.3. The number of carbonyl (C=O) groups excluding carboxylic acids is 2. The standard InChI is InChI=1S/C15H28FN2O4.ClH/c1-15(2,3)22-14(20)17-8-6-7-12(17)13(19)21-10-9-18(4,5)11-16;/h12H,6-11H2,1-5H3;1H/q+1;/p-1/t12-;/m0./s1. The van der Waals surface area contributed by atoms with Crippen molar-refractivity contribution in [2.24, 2.45) is 0 Å². The number of halogens is 2. The van der Waals surface area contributed by atoms with Crippen LogP contribution in [0.1, 0.15) is 33.6 Å². The van der Waals surface area contributed by atoms with Crippen LogP contribution in [0.4, 0.5) is 9.18 Å². The van der Waals surface area contributed by atoms with E-state index in [-0.39, 0.29) is 23.5 Å². The Bertz CT molecular complexity index is 413. The van der Waals surface area contributed by atoms with Crippen LogP contribution < -0.4 is 12.4 Å². The van der Waals surface area contributed by atoms with E-state index in [1.54, 1.807) is 34.9 Å². The van der Waals surface area contributed by atoms with Crippen LogP contribution in [0.3, 0.4) is 0 Å². The monoisotopic (exact) mass is 354 g/mol. The van der Waals surface area contributed by atoms with Crippen molar-refractivity contribution in [1.82, 2.24) is 4.90 Å². The highest BCUT2D eigenvalue weighted by Gasteiger charge is 2.37. The van der Waals surface area contributed by atoms with Gasteiger partial charge in [0, 0.05) is 6.54 Å². The number of alkyl halides is 1. The summed E-state index contributed by atoms with van der Waals surface area (Å²) in [6.07, 6.45) is 0.816. The van der Waals surface area contributed by atoms with E-state index in [4.69, 9.17) is 9.47 Å². The first-order chi connectivity index (χ1) is 10.1. The number of rotatable bonds is 5. The Labute approximate surface area is 143 Å². The lowest BCUT2D eigenvalue weighted by atomic mass is 10.2. The fourth-order valence-corrected chi connectivity index (χ4v) is 2.10. The second-order valence-electron chi connectivity index (χ2n) is 7.28. The molecular formula is C15H28ClFN2O4. The van der Waals surface area contributed by atoms with Crippen molar-refractivity contribution in [1.29, 1.82) is 0 Å². The highest BCUT2D eigenvalue weighted by molar-refractivity contribution is 5.82. The molecule has 0 radical (unpaired) electrons. The number of nitrogens with zero attached hydrogens (tertiary/aromatic N) is 2. The van der Waals surface area contributed by atoms with Crippen LogP contribution in [0.5, 0.6) is 0 Å². The Balaban J connectivity index is 0.00000484. The summed E-state index contributed by atoms with van der Waals surface area (Å²) < 4.78 is 23.3. The number of likely N-dealkylation sites (N-methyl/N-ethyl adjacent to an activating group) is 1. The Morgan fingerprint density at radius 3 is 2.43 bits per heavy atom. The molecular weight excluding hydrogens is 327 g/mol. The Morgan fingerprint density at radius 1 is 1.30 bits per heavy atom. The Kier molecular flexibility index (Phi) is 8.28. The summed E-state index contributed by atoms with van der Waals surface area (Å²) >= 11 is 0. The number of carbonyl (C=O) groups is 2. The molecule has 1 fully saturated rings. The van der Waals surface area contributed by atoms with E-state index >= 15 is 0 Å². The summed E-state index contributed by atoms with van der Waals surface area (Å²) in [4.78, 5) is 25.6. The van der Waals surface area contributed by atoms with Gasteiger partial charge in [-0.25, -0.2) is 9.59 Å². The first kappa shape index (κ1) is 21.9. The van der Waals surface area contributed by atoms with Crippen LogP contribution in [0.15, 0.2) is 0 Å². The minimum Gasteiger partial charge on any atom is -1.00 e. The second kappa shape index (κ2) is 8.68. The van der Waals surface area contributed by atoms with Gasteiger partial charge < -0.3 is 21.9 Å². The highest BCUT2D eigenvalue weighted by Crippen LogP contribution is 2.21. The van der Waals surface area contributed by atoms with Gasteiger partial charge in [-0.05, 0) is 33.6 Å². The summed E-state index contributed by atoms with van der Waals surface area (Å²) in [7, 11) is 3.44. The number of hydrogen-bond donors (Lipinski definition) is 0. The van der Waals surface area contributed by atoms with Crippen LogP contribution >= 0.6 is 0 Å². The van der Waals surface area contributed by atoms with Crippen molar-refractivity contribution in [2.45, 2.75) is 45.3 Å². The van der Waals surface area contributed by atoms with Gasteiger partial charge in [0.05, 0.1) is 14.1 Å². The molecule has 1 amide bonds. The number of likely N-dealkylation sites (tertiary alicyclic amines) is 1. The van der Waals surface area contributed by atoms with Gasteiger partial charge in [-0.1, -0.05) is 0 Å². The van der Waals surface area contributed by atoms with Crippen LogP contribution in [0.25, 0.3) is 0 Å². The molecule has 1 atom stereocenters. The Morgan fingerprint density at radius 2 is 1.91 bits per heavy atom. The van der Waals surface area contributed by atoms with Gasteiger partial charge in [0.25, 0.3) is 0 Å². The number of quaternary nitrogens is 1. The quantitative estimate of drug-likeness (QED) is 0.359. The van der Waals surface area contributed by atoms with Gasteiger partial charge in [-0.2, -0.15) is 4.39 Å². The molecule has 0 saturated carbocycles. The molecule has 1 saturated heterocycles. The van der Waals surface area contributed by atoms with Crippen molar-refractivity contribution in [3.8, 4) is 0 Å². The first-order valence-corrected chi connectivity index (χ1v) is 7.60. The predicted molar refractivity (Wildman–Crippen MR) is 79.9 cm³/mol. The van der Waals surface area contributed by atoms with Crippen LogP contribution in [0, 0.1) is 0 Å². The van der Waals surface area contributed by atoms with Crippen LogP contribution in [-0.2, 0) is 14.3 Å². The SMILES string of the molecule is CC(C)(C)OC(=O)N1CCC[C@H]1C(=O)OCC[N+](C)(C)CF.[Cl-]. The van der Waals surface area contributed by atoms with Crippen molar-refractivity contribution in [2.75, 3.05) is 40.6 Å². The molecule has 0 N–H and O–H groups in total. The molecule has 0 spiro atoms. The summed E-state index contributed by atoms with van der Waals surface area (Å²) in [5.41, 5.74) is -0.600. The molecule has 1 rings (SSSR count). The molecule has 8 heteroatoms. The van der Waals surface area contributed by atoms with Gasteiger partial charge in [-0.3, -0.25) is 9.38 Å². The smallest absolute Gasteiger partial charge is 0.411 e. The summed E-state index contributed by atoms with van der Waals surface area (Å²) in [5.74, 6) is -0.442. The largest absolute Gasteiger partial charge is 1.00 e. The van der Waals surface area contributed by atoms with E-state index < -0.39 is 30.5 Å². The molecule has 0 aliphatic carbocycles. The minimum absolute atomic E-state index is 0. The zero-order valence-corrected chi connectivity index (χ0v) is 15.4. The summed E-state index contributed by atoms with van der Waals surface area (Å²) in [6.45, 7) is 5.84. The maximum atomic E-state index is 12.7. The third kappa shape index (κ3) is 7.35. The van der Waals surface area contributed by atoms with Crippen molar-refractivity contribution >= 4 is 12.1 Å². The molecule has 6 nitrogen and oxygen atoms in total. The van der Waals surface area contributed by atoms with E-state index in [0.29, 0.717) is 19.5 Å². The van der Waals surface area contributed by atoms with Gasteiger partial charge in [0.15, 0.2) is 0 Å². The number of amides is 1. The van der Waals surface area contributed by atoms with Crippen LogP contribution in [0.2, 0.25) is 0 Å². The molecule has 0 aromatic rings. The zero-order valence-electron chi connectivity index (χ0n) is 14.6. The van der Waals surface area contributed by atoms with E-state index in [2.05, 4.69) is 0 Å². The minimum atomic E-state index is -0.601. The lowest BCUT2D eigenvalue weighted by molar-refractivity contribution is -0.902. The van der Waals surface area contributed by atoms with Crippen molar-refractivity contribution < 1.29 is 40.3 Å². The van der Waals surface area contributed by atoms with E-state index in [0.717, 1.165) is 6.42 Å². The predicted octanol–water partition coefficient (Wildman–Crippen LogP) is -1.06. The van der Waals surface area contributed by atoms with Gasteiger partial charge in [0.1, 0.15) is 24.8 Å². The molecule has 23 heavy (non-hydrogen) atoms. The lowest BCUT2D eigenvalue weighted by Gasteiger charge is -2.28. The van der Waals surface area contributed by atoms with E-state index in [1.807, 2.05) is 0 Å². The van der Waals surface area contributed by atoms with Crippen molar-refractivity contribution in [3.05, 3.63) is 0 Å². The molecule has 1 aliphatic rings. The first-order valence-electron chi connectivity index (χ1n) is 7.60. The van der Waals surface area contributed by atoms with Gasteiger partial charge in [0.2, 0.25) is 6.80 Å². The molecule has 1 heterocycles. The third-order valence-electron chi connectivity index (χ3n) is 3.42. The average Bonchev–Trinajstić information content (AvgIpc) is 2.85. The molecule has 0 unspecified atom stereocenters. The Hall–Kier alpha value is -1.08. The van der Waals surface area contributed by atoms with Gasteiger partial charge in [-0.15, -0.1) is 0 Å². The van der Waals surface area contributed by atoms with Crippen LogP contribution in [-0.4, -0.2) is 73.7 Å². The second-order valence-corrected chi connectivity index (χ2v) is 7.28. The van der Waals surface area contributed by atoms with Gasteiger partial charge >= 0.3 is 12.1 Å². The highest BCUT2D eigenvalue weighted by atomic mass is 35.5. The number of hydrogen-bond acceptors (Lipinski definition) is 4. The topological polar surface area (TPSA) is 55.8 Å². The number of ether oxygens (including phenoxy) is 2. The number of esters is 1. The average molecular weight is 355 g/mol. The fraction of sp³-hybridized carbons (Fsp3) is 0.867. The maximum Gasteiger partial charge on any atom is 0.411 e. The van der Waals surface area contributed by atoms with Crippen molar-refractivity contribution in [3.63, 3.8) is 0 Å². The fourth-order valence-electron chi connectivity index (χ4n) is 2.10. The molecule has 1 aliphatic heterocycles. The molecule has 0 aromatic heterocycles. The lowest BCUT2D eigenvalue weighted by Crippen LogP contribution is -3.00. The molecule has 136 valence electrons. The summed E-state index contributed by atoms with van der Waals surface area (Å²) in [6, 6.07) is -0.601. The maximum absolute atomic E-state index is 12.7. The molecule has 0 aromatic carbocycles. The summed E-state index contributed by atoms with van der Waals surface area (Å²) in [5, 5.41) is 0.